The molecule has 1 saturated heterocycles. The van der Waals surface area contributed by atoms with Gasteiger partial charge in [0.15, 0.2) is 0 Å². The van der Waals surface area contributed by atoms with E-state index in [1.54, 1.807) is 4.90 Å². The molecule has 1 aliphatic heterocycles. The number of benzene rings is 2. The van der Waals surface area contributed by atoms with Crippen LogP contribution in [0.1, 0.15) is 35.2 Å². The number of amides is 1. The molecular formula is C20H18ClN3O2. The lowest BCUT2D eigenvalue weighted by Gasteiger charge is -2.16. The van der Waals surface area contributed by atoms with Crippen LogP contribution >= 0.6 is 11.6 Å². The molecule has 2 heterocycles. The van der Waals surface area contributed by atoms with Gasteiger partial charge >= 0.3 is 0 Å². The average Bonchev–Trinajstić information content (AvgIpc) is 3.22. The molecule has 1 aliphatic rings. The molecule has 5 nitrogen and oxygen atoms in total. The summed E-state index contributed by atoms with van der Waals surface area (Å²) in [5.41, 5.74) is 3.08. The average molecular weight is 368 g/mol. The summed E-state index contributed by atoms with van der Waals surface area (Å²) in [5.74, 6) is 1.05. The van der Waals surface area contributed by atoms with Crippen LogP contribution in [-0.2, 0) is 11.2 Å². The summed E-state index contributed by atoms with van der Waals surface area (Å²) in [6, 6.07) is 15.5. The largest absolute Gasteiger partial charge is 0.425 e. The summed E-state index contributed by atoms with van der Waals surface area (Å²) < 4.78 is 5.82. The van der Waals surface area contributed by atoms with Crippen molar-refractivity contribution < 1.29 is 9.21 Å². The third-order valence-corrected chi connectivity index (χ3v) is 4.78. The van der Waals surface area contributed by atoms with Gasteiger partial charge in [-0.15, -0.1) is 10.2 Å². The molecule has 0 bridgehead atoms. The molecule has 1 aromatic heterocycles. The Bertz CT molecular complexity index is 936. The lowest BCUT2D eigenvalue weighted by molar-refractivity contribution is -0.117. The monoisotopic (exact) mass is 367 g/mol. The highest BCUT2D eigenvalue weighted by atomic mass is 35.5. The van der Waals surface area contributed by atoms with E-state index in [-0.39, 0.29) is 11.8 Å². The fourth-order valence-corrected chi connectivity index (χ4v) is 3.38. The van der Waals surface area contributed by atoms with E-state index in [0.717, 1.165) is 11.3 Å². The summed E-state index contributed by atoms with van der Waals surface area (Å²) in [6.07, 6.45) is 0.905. The van der Waals surface area contributed by atoms with Crippen LogP contribution in [0.25, 0.3) is 0 Å². The molecule has 1 atom stereocenters. The number of aryl methyl sites for hydroxylation is 1. The minimum absolute atomic E-state index is 0.0773. The van der Waals surface area contributed by atoms with E-state index < -0.39 is 0 Å². The number of hydrogen-bond donors (Lipinski definition) is 0. The van der Waals surface area contributed by atoms with Crippen LogP contribution in [0.4, 0.5) is 5.69 Å². The first-order chi connectivity index (χ1) is 12.6. The van der Waals surface area contributed by atoms with Gasteiger partial charge < -0.3 is 9.32 Å². The molecule has 1 fully saturated rings. The predicted molar refractivity (Wildman–Crippen MR) is 99.4 cm³/mol. The van der Waals surface area contributed by atoms with Crippen LogP contribution in [0.2, 0.25) is 5.02 Å². The molecule has 6 heteroatoms. The Morgan fingerprint density at radius 2 is 2.00 bits per heavy atom. The molecule has 4 rings (SSSR count). The highest BCUT2D eigenvalue weighted by molar-refractivity contribution is 6.30. The zero-order chi connectivity index (χ0) is 18.1. The summed E-state index contributed by atoms with van der Waals surface area (Å²) in [7, 11) is 0. The Hall–Kier alpha value is -2.66. The highest BCUT2D eigenvalue weighted by Crippen LogP contribution is 2.31. The Labute approximate surface area is 156 Å². The first-order valence-electron chi connectivity index (χ1n) is 8.52. The SMILES string of the molecule is Cc1ccc(N2CC(c3nnc(Cc4cccc(Cl)c4)o3)CC2=O)cc1. The molecule has 0 saturated carbocycles. The van der Waals surface area contributed by atoms with E-state index in [2.05, 4.69) is 10.2 Å². The number of rotatable bonds is 4. The maximum atomic E-state index is 12.4. The minimum Gasteiger partial charge on any atom is -0.425 e. The number of hydrogen-bond acceptors (Lipinski definition) is 4. The van der Waals surface area contributed by atoms with Gasteiger partial charge in [0, 0.05) is 23.7 Å². The van der Waals surface area contributed by atoms with Crippen molar-refractivity contribution in [2.45, 2.75) is 25.7 Å². The Morgan fingerprint density at radius 1 is 1.19 bits per heavy atom. The maximum absolute atomic E-state index is 12.4. The first kappa shape index (κ1) is 16.8. The van der Waals surface area contributed by atoms with Gasteiger partial charge in [-0.25, -0.2) is 0 Å². The number of nitrogens with zero attached hydrogens (tertiary/aromatic N) is 3. The molecule has 26 heavy (non-hydrogen) atoms. The van der Waals surface area contributed by atoms with Crippen molar-refractivity contribution in [1.29, 1.82) is 0 Å². The van der Waals surface area contributed by atoms with Crippen molar-refractivity contribution in [3.05, 3.63) is 76.5 Å². The lowest BCUT2D eigenvalue weighted by atomic mass is 10.1. The molecule has 1 amide bonds. The first-order valence-corrected chi connectivity index (χ1v) is 8.90. The second-order valence-corrected chi connectivity index (χ2v) is 7.02. The molecule has 2 aromatic carbocycles. The van der Waals surface area contributed by atoms with Gasteiger partial charge in [-0.05, 0) is 36.8 Å². The normalized spacial score (nSPS) is 17.1. The van der Waals surface area contributed by atoms with E-state index in [1.165, 1.54) is 5.56 Å². The van der Waals surface area contributed by atoms with Crippen molar-refractivity contribution in [2.75, 3.05) is 11.4 Å². The third kappa shape index (κ3) is 3.48. The fourth-order valence-electron chi connectivity index (χ4n) is 3.17. The molecule has 0 aliphatic carbocycles. The van der Waals surface area contributed by atoms with Crippen molar-refractivity contribution in [3.63, 3.8) is 0 Å². The minimum atomic E-state index is -0.0792. The van der Waals surface area contributed by atoms with Crippen LogP contribution in [-0.4, -0.2) is 22.6 Å². The summed E-state index contributed by atoms with van der Waals surface area (Å²) in [4.78, 5) is 14.2. The standard InChI is InChI=1S/C20H18ClN3O2/c1-13-5-7-17(8-6-13)24-12-15(11-19(24)25)20-23-22-18(26-20)10-14-3-2-4-16(21)9-14/h2-9,15H,10-12H2,1H3. The Kier molecular flexibility index (Phi) is 4.47. The van der Waals surface area contributed by atoms with E-state index in [9.17, 15) is 4.79 Å². The van der Waals surface area contributed by atoms with Crippen molar-refractivity contribution in [1.82, 2.24) is 10.2 Å². The molecule has 1 unspecified atom stereocenters. The number of halogens is 1. The zero-order valence-electron chi connectivity index (χ0n) is 14.4. The van der Waals surface area contributed by atoms with Gasteiger partial charge in [-0.1, -0.05) is 41.4 Å². The lowest BCUT2D eigenvalue weighted by Crippen LogP contribution is -2.24. The van der Waals surface area contributed by atoms with Gasteiger partial charge in [0.2, 0.25) is 17.7 Å². The van der Waals surface area contributed by atoms with Gasteiger partial charge in [-0.3, -0.25) is 4.79 Å². The molecule has 0 radical (unpaired) electrons. The Balaban J connectivity index is 1.48. The molecule has 0 N–H and O–H groups in total. The van der Waals surface area contributed by atoms with E-state index in [1.807, 2.05) is 55.5 Å². The van der Waals surface area contributed by atoms with Crippen LogP contribution in [0.15, 0.2) is 52.9 Å². The number of carbonyl (C=O) groups excluding carboxylic acids is 1. The smallest absolute Gasteiger partial charge is 0.227 e. The summed E-state index contributed by atoms with van der Waals surface area (Å²) in [6.45, 7) is 2.58. The van der Waals surface area contributed by atoms with Crippen molar-refractivity contribution >= 4 is 23.2 Å². The van der Waals surface area contributed by atoms with E-state index in [4.69, 9.17) is 16.0 Å². The van der Waals surface area contributed by atoms with Gasteiger partial charge in [0.25, 0.3) is 0 Å². The Morgan fingerprint density at radius 3 is 2.77 bits per heavy atom. The number of aromatic nitrogens is 2. The van der Waals surface area contributed by atoms with Crippen LogP contribution in [0.3, 0.4) is 0 Å². The molecule has 3 aromatic rings. The molecular weight excluding hydrogens is 350 g/mol. The molecule has 132 valence electrons. The van der Waals surface area contributed by atoms with Crippen LogP contribution < -0.4 is 4.90 Å². The number of anilines is 1. The van der Waals surface area contributed by atoms with Crippen LogP contribution in [0, 0.1) is 6.92 Å². The summed E-state index contributed by atoms with van der Waals surface area (Å²) >= 11 is 6.01. The third-order valence-electron chi connectivity index (χ3n) is 4.55. The highest BCUT2D eigenvalue weighted by Gasteiger charge is 2.34. The maximum Gasteiger partial charge on any atom is 0.227 e. The van der Waals surface area contributed by atoms with E-state index >= 15 is 0 Å². The summed E-state index contributed by atoms with van der Waals surface area (Å²) in [5, 5.41) is 8.97. The van der Waals surface area contributed by atoms with Crippen LogP contribution in [0.5, 0.6) is 0 Å². The number of carbonyl (C=O) groups is 1. The molecule has 0 spiro atoms. The fraction of sp³-hybridized carbons (Fsp3) is 0.250. The second-order valence-electron chi connectivity index (χ2n) is 6.58. The van der Waals surface area contributed by atoms with Gasteiger partial charge in [0.1, 0.15) is 0 Å². The van der Waals surface area contributed by atoms with E-state index in [0.29, 0.717) is 36.2 Å². The van der Waals surface area contributed by atoms with Crippen molar-refractivity contribution in [3.8, 4) is 0 Å². The topological polar surface area (TPSA) is 59.2 Å². The second kappa shape index (κ2) is 6.92. The van der Waals surface area contributed by atoms with Crippen molar-refractivity contribution in [2.24, 2.45) is 0 Å². The quantitative estimate of drug-likeness (QED) is 0.695. The van der Waals surface area contributed by atoms with Gasteiger partial charge in [-0.2, -0.15) is 0 Å². The predicted octanol–water partition coefficient (Wildman–Crippen LogP) is 4.14. The zero-order valence-corrected chi connectivity index (χ0v) is 15.1. The van der Waals surface area contributed by atoms with Gasteiger partial charge in [0.05, 0.1) is 12.3 Å².